The quantitative estimate of drug-likeness (QED) is 0.779. The molecule has 1 aromatic rings. The van der Waals surface area contributed by atoms with Gasteiger partial charge in [-0.3, -0.25) is 0 Å². The molecule has 0 fully saturated rings. The minimum Gasteiger partial charge on any atom is -0.388 e. The summed E-state index contributed by atoms with van der Waals surface area (Å²) in [7, 11) is 1.65. The number of benzene rings is 1. The standard InChI is InChI=1S/C12H18O2/c1-3-10-4-6-11(7-5-10)12(13)8-9-14-2/h4-7,12-13H,3,8-9H2,1-2H3. The van der Waals surface area contributed by atoms with Gasteiger partial charge in [-0.15, -0.1) is 0 Å². The first-order valence-electron chi connectivity index (χ1n) is 5.03. The maximum atomic E-state index is 9.74. The molecule has 1 unspecified atom stereocenters. The summed E-state index contributed by atoms with van der Waals surface area (Å²) in [6.45, 7) is 2.72. The van der Waals surface area contributed by atoms with Crippen LogP contribution in [0, 0.1) is 0 Å². The third-order valence-corrected chi connectivity index (χ3v) is 2.37. The molecule has 78 valence electrons. The van der Waals surface area contributed by atoms with Gasteiger partial charge in [-0.2, -0.15) is 0 Å². The van der Waals surface area contributed by atoms with Crippen LogP contribution in [0.25, 0.3) is 0 Å². The molecular formula is C12H18O2. The van der Waals surface area contributed by atoms with Gasteiger partial charge in [0.15, 0.2) is 0 Å². The zero-order chi connectivity index (χ0) is 10.4. The van der Waals surface area contributed by atoms with Gasteiger partial charge in [0.2, 0.25) is 0 Å². The van der Waals surface area contributed by atoms with E-state index in [-0.39, 0.29) is 0 Å². The molecule has 0 aliphatic rings. The van der Waals surface area contributed by atoms with Crippen molar-refractivity contribution in [3.63, 3.8) is 0 Å². The van der Waals surface area contributed by atoms with Crippen LogP contribution in [0.5, 0.6) is 0 Å². The van der Waals surface area contributed by atoms with Crippen LogP contribution in [0.1, 0.15) is 30.6 Å². The lowest BCUT2D eigenvalue weighted by molar-refractivity contribution is 0.110. The third-order valence-electron chi connectivity index (χ3n) is 2.37. The van der Waals surface area contributed by atoms with E-state index < -0.39 is 6.10 Å². The Hall–Kier alpha value is -0.860. The summed E-state index contributed by atoms with van der Waals surface area (Å²) in [5.74, 6) is 0. The number of aliphatic hydroxyl groups is 1. The molecule has 1 aromatic carbocycles. The molecule has 2 heteroatoms. The van der Waals surface area contributed by atoms with Crippen LogP contribution in [0.2, 0.25) is 0 Å². The van der Waals surface area contributed by atoms with E-state index in [4.69, 9.17) is 4.74 Å². The maximum absolute atomic E-state index is 9.74. The van der Waals surface area contributed by atoms with Gasteiger partial charge in [-0.1, -0.05) is 31.2 Å². The van der Waals surface area contributed by atoms with Crippen molar-refractivity contribution in [1.82, 2.24) is 0 Å². The first kappa shape index (κ1) is 11.2. The Balaban J connectivity index is 2.57. The van der Waals surface area contributed by atoms with E-state index in [0.29, 0.717) is 13.0 Å². The minimum atomic E-state index is -0.402. The summed E-state index contributed by atoms with van der Waals surface area (Å²) >= 11 is 0. The van der Waals surface area contributed by atoms with E-state index in [2.05, 4.69) is 19.1 Å². The van der Waals surface area contributed by atoms with E-state index in [1.165, 1.54) is 5.56 Å². The monoisotopic (exact) mass is 194 g/mol. The molecular weight excluding hydrogens is 176 g/mol. The lowest BCUT2D eigenvalue weighted by atomic mass is 10.0. The second kappa shape index (κ2) is 5.78. The molecule has 0 radical (unpaired) electrons. The largest absolute Gasteiger partial charge is 0.388 e. The second-order valence-corrected chi connectivity index (χ2v) is 3.39. The van der Waals surface area contributed by atoms with Crippen molar-refractivity contribution in [2.24, 2.45) is 0 Å². The molecule has 1 N–H and O–H groups in total. The van der Waals surface area contributed by atoms with Crippen molar-refractivity contribution >= 4 is 0 Å². The van der Waals surface area contributed by atoms with Gasteiger partial charge < -0.3 is 9.84 Å². The molecule has 0 saturated heterocycles. The van der Waals surface area contributed by atoms with Crippen LogP contribution in [0.3, 0.4) is 0 Å². The summed E-state index contributed by atoms with van der Waals surface area (Å²) in [4.78, 5) is 0. The van der Waals surface area contributed by atoms with Gasteiger partial charge in [0, 0.05) is 20.1 Å². The van der Waals surface area contributed by atoms with Crippen molar-refractivity contribution in [3.05, 3.63) is 35.4 Å². The molecule has 0 amide bonds. The van der Waals surface area contributed by atoms with Gasteiger partial charge in [-0.25, -0.2) is 0 Å². The topological polar surface area (TPSA) is 29.5 Å². The van der Waals surface area contributed by atoms with Gasteiger partial charge in [0.05, 0.1) is 6.10 Å². The van der Waals surface area contributed by atoms with E-state index in [1.807, 2.05) is 12.1 Å². The fraction of sp³-hybridized carbons (Fsp3) is 0.500. The van der Waals surface area contributed by atoms with Crippen LogP contribution in [-0.4, -0.2) is 18.8 Å². The highest BCUT2D eigenvalue weighted by atomic mass is 16.5. The Morgan fingerprint density at radius 3 is 2.43 bits per heavy atom. The predicted molar refractivity (Wildman–Crippen MR) is 57.3 cm³/mol. The van der Waals surface area contributed by atoms with Crippen molar-refractivity contribution in [2.45, 2.75) is 25.9 Å². The number of aryl methyl sites for hydroxylation is 1. The SMILES string of the molecule is CCc1ccc(C(O)CCOC)cc1. The highest BCUT2D eigenvalue weighted by molar-refractivity contribution is 5.23. The Morgan fingerprint density at radius 2 is 1.93 bits per heavy atom. The Kier molecular flexibility index (Phi) is 4.63. The molecule has 2 nitrogen and oxygen atoms in total. The molecule has 0 bridgehead atoms. The molecule has 0 heterocycles. The Labute approximate surface area is 85.5 Å². The minimum absolute atomic E-state index is 0.402. The first-order valence-corrected chi connectivity index (χ1v) is 5.03. The Bertz CT molecular complexity index is 254. The normalized spacial score (nSPS) is 12.8. The first-order chi connectivity index (χ1) is 6.77. The number of methoxy groups -OCH3 is 1. The zero-order valence-corrected chi connectivity index (χ0v) is 8.86. The summed E-state index contributed by atoms with van der Waals surface area (Å²) in [5, 5.41) is 9.74. The van der Waals surface area contributed by atoms with Crippen LogP contribution < -0.4 is 0 Å². The molecule has 1 atom stereocenters. The van der Waals surface area contributed by atoms with Crippen molar-refractivity contribution in [1.29, 1.82) is 0 Å². The lowest BCUT2D eigenvalue weighted by Crippen LogP contribution is -2.01. The number of ether oxygens (including phenoxy) is 1. The molecule has 0 saturated carbocycles. The zero-order valence-electron chi connectivity index (χ0n) is 8.86. The van der Waals surface area contributed by atoms with E-state index in [0.717, 1.165) is 12.0 Å². The van der Waals surface area contributed by atoms with Crippen molar-refractivity contribution in [2.75, 3.05) is 13.7 Å². The molecule has 1 rings (SSSR count). The van der Waals surface area contributed by atoms with Gasteiger partial charge in [-0.05, 0) is 17.5 Å². The molecule has 14 heavy (non-hydrogen) atoms. The number of hydrogen-bond donors (Lipinski definition) is 1. The average molecular weight is 194 g/mol. The number of hydrogen-bond acceptors (Lipinski definition) is 2. The maximum Gasteiger partial charge on any atom is 0.0812 e. The van der Waals surface area contributed by atoms with Crippen LogP contribution in [-0.2, 0) is 11.2 Å². The summed E-state index contributed by atoms with van der Waals surface area (Å²) < 4.78 is 4.92. The van der Waals surface area contributed by atoms with Gasteiger partial charge >= 0.3 is 0 Å². The predicted octanol–water partition coefficient (Wildman–Crippen LogP) is 2.32. The average Bonchev–Trinajstić information content (AvgIpc) is 2.26. The summed E-state index contributed by atoms with van der Waals surface area (Å²) in [6, 6.07) is 8.09. The second-order valence-electron chi connectivity index (χ2n) is 3.39. The number of aliphatic hydroxyl groups excluding tert-OH is 1. The van der Waals surface area contributed by atoms with Crippen LogP contribution in [0.4, 0.5) is 0 Å². The molecule has 0 spiro atoms. The highest BCUT2D eigenvalue weighted by Crippen LogP contribution is 2.17. The smallest absolute Gasteiger partial charge is 0.0812 e. The van der Waals surface area contributed by atoms with Crippen molar-refractivity contribution < 1.29 is 9.84 Å². The third kappa shape index (κ3) is 3.13. The van der Waals surface area contributed by atoms with Gasteiger partial charge in [0.25, 0.3) is 0 Å². The molecule has 0 aliphatic heterocycles. The van der Waals surface area contributed by atoms with E-state index in [9.17, 15) is 5.11 Å². The summed E-state index contributed by atoms with van der Waals surface area (Å²) in [5.41, 5.74) is 2.27. The van der Waals surface area contributed by atoms with Crippen LogP contribution >= 0.6 is 0 Å². The lowest BCUT2D eigenvalue weighted by Gasteiger charge is -2.10. The van der Waals surface area contributed by atoms with Gasteiger partial charge in [0.1, 0.15) is 0 Å². The molecule has 0 aromatic heterocycles. The van der Waals surface area contributed by atoms with E-state index in [1.54, 1.807) is 7.11 Å². The fourth-order valence-corrected chi connectivity index (χ4v) is 1.37. The van der Waals surface area contributed by atoms with E-state index >= 15 is 0 Å². The Morgan fingerprint density at radius 1 is 1.29 bits per heavy atom. The number of rotatable bonds is 5. The van der Waals surface area contributed by atoms with Crippen LogP contribution in [0.15, 0.2) is 24.3 Å². The fourth-order valence-electron chi connectivity index (χ4n) is 1.37. The van der Waals surface area contributed by atoms with Crippen molar-refractivity contribution in [3.8, 4) is 0 Å². The molecule has 0 aliphatic carbocycles. The highest BCUT2D eigenvalue weighted by Gasteiger charge is 2.06. The summed E-state index contributed by atoms with van der Waals surface area (Å²) in [6.07, 6.45) is 1.29.